The molecule has 2 aromatic rings. The number of fused-ring (bicyclic) bond motifs is 1. The molecule has 1 N–H and O–H groups in total. The van der Waals surface area contributed by atoms with E-state index in [1.165, 1.54) is 42.2 Å². The maximum Gasteiger partial charge on any atom is 0.244 e. The van der Waals surface area contributed by atoms with Crippen LogP contribution in [0.1, 0.15) is 26.3 Å². The monoisotopic (exact) mass is 507 g/mol. The Bertz CT molecular complexity index is 1190. The van der Waals surface area contributed by atoms with Gasteiger partial charge in [-0.25, -0.2) is 12.8 Å². The number of carbonyl (C=O) groups is 2. The predicted molar refractivity (Wildman–Crippen MR) is 129 cm³/mol. The molecule has 11 heteroatoms. The average Bonchev–Trinajstić information content (AvgIpc) is 2.80. The Balaban J connectivity index is 1.93. The summed E-state index contributed by atoms with van der Waals surface area (Å²) >= 11 is 0. The largest absolute Gasteiger partial charge is 0.486 e. The fourth-order valence-electron chi connectivity index (χ4n) is 3.60. The van der Waals surface area contributed by atoms with E-state index in [-0.39, 0.29) is 23.8 Å². The van der Waals surface area contributed by atoms with Gasteiger partial charge in [0.2, 0.25) is 21.8 Å². The highest BCUT2D eigenvalue weighted by molar-refractivity contribution is 7.92. The van der Waals surface area contributed by atoms with Gasteiger partial charge in [-0.15, -0.1) is 0 Å². The van der Waals surface area contributed by atoms with Gasteiger partial charge in [-0.2, -0.15) is 0 Å². The lowest BCUT2D eigenvalue weighted by Gasteiger charge is -2.32. The maximum absolute atomic E-state index is 14.4. The standard InChI is InChI=1S/C24H30FN3O6S/c1-16(2)26-24(30)17(3)27(14-18-7-5-6-8-20(18)25)23(29)15-28(35(4,31)32)19-9-10-21-22(13-19)34-12-11-33-21/h5-10,13,16-17H,11-12,14-15H2,1-4H3,(H,26,30). The molecule has 0 bridgehead atoms. The third kappa shape index (κ3) is 6.62. The molecule has 0 saturated heterocycles. The van der Waals surface area contributed by atoms with Crippen LogP contribution in [0, 0.1) is 5.82 Å². The third-order valence-corrected chi connectivity index (χ3v) is 6.53. The number of nitrogens with zero attached hydrogens (tertiary/aromatic N) is 2. The van der Waals surface area contributed by atoms with Crippen molar-refractivity contribution < 1.29 is 31.9 Å². The minimum Gasteiger partial charge on any atom is -0.486 e. The summed E-state index contributed by atoms with van der Waals surface area (Å²) in [7, 11) is -3.90. The molecule has 0 fully saturated rings. The molecule has 2 aromatic carbocycles. The van der Waals surface area contributed by atoms with Crippen LogP contribution >= 0.6 is 0 Å². The van der Waals surface area contributed by atoms with Crippen molar-refractivity contribution in [1.82, 2.24) is 10.2 Å². The smallest absolute Gasteiger partial charge is 0.244 e. The van der Waals surface area contributed by atoms with Crippen LogP contribution in [0.4, 0.5) is 10.1 Å². The molecule has 0 spiro atoms. The number of ether oxygens (including phenoxy) is 2. The lowest BCUT2D eigenvalue weighted by atomic mass is 10.1. The minimum atomic E-state index is -3.90. The first kappa shape index (κ1) is 26.3. The number of anilines is 1. The van der Waals surface area contributed by atoms with Gasteiger partial charge in [0, 0.05) is 24.2 Å². The van der Waals surface area contributed by atoms with Crippen LogP contribution < -0.4 is 19.1 Å². The van der Waals surface area contributed by atoms with Crippen LogP contribution in [0.25, 0.3) is 0 Å². The second-order valence-electron chi connectivity index (χ2n) is 8.55. The second-order valence-corrected chi connectivity index (χ2v) is 10.5. The van der Waals surface area contributed by atoms with Crippen molar-refractivity contribution >= 4 is 27.5 Å². The summed E-state index contributed by atoms with van der Waals surface area (Å²) in [5.41, 5.74) is 0.408. The Morgan fingerprint density at radius 2 is 1.71 bits per heavy atom. The summed E-state index contributed by atoms with van der Waals surface area (Å²) in [5, 5.41) is 2.74. The lowest BCUT2D eigenvalue weighted by Crippen LogP contribution is -2.52. The van der Waals surface area contributed by atoms with E-state index in [0.29, 0.717) is 24.7 Å². The van der Waals surface area contributed by atoms with E-state index in [9.17, 15) is 22.4 Å². The number of hydrogen-bond acceptors (Lipinski definition) is 6. The Hall–Kier alpha value is -3.34. The normalized spacial score (nSPS) is 13.8. The zero-order chi connectivity index (χ0) is 25.8. The van der Waals surface area contributed by atoms with Crippen molar-refractivity contribution in [3.63, 3.8) is 0 Å². The zero-order valence-electron chi connectivity index (χ0n) is 20.2. The molecule has 35 heavy (non-hydrogen) atoms. The summed E-state index contributed by atoms with van der Waals surface area (Å²) in [6.07, 6.45) is 0.979. The van der Waals surface area contributed by atoms with E-state index in [4.69, 9.17) is 9.47 Å². The van der Waals surface area contributed by atoms with Crippen molar-refractivity contribution in [1.29, 1.82) is 0 Å². The second kappa shape index (κ2) is 10.9. The molecule has 9 nitrogen and oxygen atoms in total. The van der Waals surface area contributed by atoms with Crippen LogP contribution in [-0.2, 0) is 26.2 Å². The quantitative estimate of drug-likeness (QED) is 0.559. The molecule has 2 amide bonds. The minimum absolute atomic E-state index is 0.180. The van der Waals surface area contributed by atoms with Crippen LogP contribution in [-0.4, -0.2) is 63.2 Å². The van der Waals surface area contributed by atoms with E-state index in [0.717, 1.165) is 10.6 Å². The highest BCUT2D eigenvalue weighted by Gasteiger charge is 2.31. The van der Waals surface area contributed by atoms with Crippen molar-refractivity contribution in [2.75, 3.05) is 30.3 Å². The molecule has 1 atom stereocenters. The molecule has 190 valence electrons. The Labute approximate surface area is 204 Å². The molecular formula is C24H30FN3O6S. The molecule has 0 aromatic heterocycles. The highest BCUT2D eigenvalue weighted by Crippen LogP contribution is 2.34. The summed E-state index contributed by atoms with van der Waals surface area (Å²) in [6.45, 7) is 4.96. The van der Waals surface area contributed by atoms with Crippen molar-refractivity contribution in [2.24, 2.45) is 0 Å². The van der Waals surface area contributed by atoms with E-state index < -0.39 is 40.2 Å². The van der Waals surface area contributed by atoms with Gasteiger partial charge in [0.1, 0.15) is 31.6 Å². The molecule has 1 heterocycles. The molecule has 3 rings (SSSR count). The number of hydrogen-bond donors (Lipinski definition) is 1. The summed E-state index contributed by atoms with van der Waals surface area (Å²) in [4.78, 5) is 27.4. The van der Waals surface area contributed by atoms with Gasteiger partial charge in [0.25, 0.3) is 0 Å². The Morgan fingerprint density at radius 1 is 1.06 bits per heavy atom. The van der Waals surface area contributed by atoms with E-state index in [1.807, 2.05) is 0 Å². The van der Waals surface area contributed by atoms with E-state index in [2.05, 4.69) is 5.32 Å². The number of amides is 2. The summed E-state index contributed by atoms with van der Waals surface area (Å²) in [5.74, 6) is -0.800. The van der Waals surface area contributed by atoms with Crippen molar-refractivity contribution in [3.05, 3.63) is 53.8 Å². The number of rotatable bonds is 9. The first-order valence-corrected chi connectivity index (χ1v) is 13.0. The zero-order valence-corrected chi connectivity index (χ0v) is 21.0. The third-order valence-electron chi connectivity index (χ3n) is 5.39. The van der Waals surface area contributed by atoms with Gasteiger partial charge < -0.3 is 19.7 Å². The van der Waals surface area contributed by atoms with Gasteiger partial charge in [0.05, 0.1) is 11.9 Å². The average molecular weight is 508 g/mol. The number of nitrogens with one attached hydrogen (secondary N) is 1. The lowest BCUT2D eigenvalue weighted by molar-refractivity contribution is -0.139. The van der Waals surface area contributed by atoms with Crippen LogP contribution in [0.2, 0.25) is 0 Å². The number of halogens is 1. The van der Waals surface area contributed by atoms with Gasteiger partial charge >= 0.3 is 0 Å². The van der Waals surface area contributed by atoms with Crippen molar-refractivity contribution in [3.8, 4) is 11.5 Å². The fraction of sp³-hybridized carbons (Fsp3) is 0.417. The maximum atomic E-state index is 14.4. The molecular weight excluding hydrogens is 477 g/mol. The first-order chi connectivity index (χ1) is 16.5. The summed E-state index contributed by atoms with van der Waals surface area (Å²) in [6, 6.07) is 9.32. The highest BCUT2D eigenvalue weighted by atomic mass is 32.2. The molecule has 0 radical (unpaired) electrons. The number of carbonyl (C=O) groups excluding carboxylic acids is 2. The predicted octanol–water partition coefficient (Wildman–Crippen LogP) is 2.30. The SMILES string of the molecule is CC(C)NC(=O)C(C)N(Cc1ccccc1F)C(=O)CN(c1ccc2c(c1)OCCO2)S(C)(=O)=O. The molecule has 1 aliphatic rings. The molecule has 0 aliphatic carbocycles. The van der Waals surface area contributed by atoms with Crippen molar-refractivity contribution in [2.45, 2.75) is 39.4 Å². The van der Waals surface area contributed by atoms with E-state index in [1.54, 1.807) is 26.0 Å². The number of benzene rings is 2. The molecule has 1 aliphatic heterocycles. The molecule has 0 saturated carbocycles. The Kier molecular flexibility index (Phi) is 8.21. The summed E-state index contributed by atoms with van der Waals surface area (Å²) < 4.78 is 51.7. The van der Waals surface area contributed by atoms with E-state index >= 15 is 0 Å². The molecule has 1 unspecified atom stereocenters. The van der Waals surface area contributed by atoms with Gasteiger partial charge in [-0.1, -0.05) is 18.2 Å². The van der Waals surface area contributed by atoms with Crippen LogP contribution in [0.3, 0.4) is 0 Å². The fourth-order valence-corrected chi connectivity index (χ4v) is 4.44. The van der Waals surface area contributed by atoms with Gasteiger partial charge in [0.15, 0.2) is 11.5 Å². The van der Waals surface area contributed by atoms with Gasteiger partial charge in [-0.3, -0.25) is 13.9 Å². The first-order valence-electron chi connectivity index (χ1n) is 11.2. The van der Waals surface area contributed by atoms with Crippen LogP contribution in [0.15, 0.2) is 42.5 Å². The van der Waals surface area contributed by atoms with Crippen LogP contribution in [0.5, 0.6) is 11.5 Å². The van der Waals surface area contributed by atoms with Gasteiger partial charge in [-0.05, 0) is 39.0 Å². The topological polar surface area (TPSA) is 105 Å². The Morgan fingerprint density at radius 3 is 2.34 bits per heavy atom. The number of sulfonamides is 1.